The summed E-state index contributed by atoms with van der Waals surface area (Å²) in [5.74, 6) is 0.105. The normalized spacial score (nSPS) is 14.6. The first-order valence-electron chi connectivity index (χ1n) is 4.85. The van der Waals surface area contributed by atoms with E-state index in [1.165, 1.54) is 18.5 Å². The molecule has 1 atom stereocenters. The van der Waals surface area contributed by atoms with Gasteiger partial charge in [0.2, 0.25) is 6.19 Å². The molecule has 4 nitrogen and oxygen atoms in total. The van der Waals surface area contributed by atoms with Gasteiger partial charge in [0.15, 0.2) is 0 Å². The van der Waals surface area contributed by atoms with Gasteiger partial charge in [-0.2, -0.15) is 18.4 Å². The molecule has 0 aliphatic heterocycles. The number of alkyl halides is 3. The van der Waals surface area contributed by atoms with Crippen molar-refractivity contribution in [1.82, 2.24) is 4.98 Å². The number of pyridine rings is 1. The zero-order valence-corrected chi connectivity index (χ0v) is 10.3. The van der Waals surface area contributed by atoms with Gasteiger partial charge >= 0.3 is 6.18 Å². The summed E-state index contributed by atoms with van der Waals surface area (Å²) in [6.07, 6.45) is -0.336. The van der Waals surface area contributed by atoms with Crippen molar-refractivity contribution < 1.29 is 17.4 Å². The Morgan fingerprint density at radius 1 is 1.50 bits per heavy atom. The zero-order chi connectivity index (χ0) is 13.8. The number of aromatic nitrogens is 1. The molecule has 0 bridgehead atoms. The maximum atomic E-state index is 12.2. The number of aryl methyl sites for hydroxylation is 1. The van der Waals surface area contributed by atoms with Crippen LogP contribution in [0.15, 0.2) is 22.7 Å². The maximum absolute atomic E-state index is 12.2. The Hall–Kier alpha value is -1.62. The lowest BCUT2D eigenvalue weighted by Gasteiger charge is -2.06. The first-order valence-corrected chi connectivity index (χ1v) is 6.94. The molecule has 98 valence electrons. The fourth-order valence-corrected chi connectivity index (χ4v) is 2.06. The quantitative estimate of drug-likeness (QED) is 0.796. The molecule has 0 saturated carbocycles. The van der Waals surface area contributed by atoms with Crippen LogP contribution in [-0.2, 0) is 22.3 Å². The summed E-state index contributed by atoms with van der Waals surface area (Å²) >= 11 is 0. The molecule has 18 heavy (non-hydrogen) atoms. The van der Waals surface area contributed by atoms with Crippen molar-refractivity contribution in [3.63, 3.8) is 0 Å². The molecule has 1 aromatic heterocycles. The summed E-state index contributed by atoms with van der Waals surface area (Å²) < 4.78 is 51.6. The third-order valence-electron chi connectivity index (χ3n) is 2.12. The molecule has 0 spiro atoms. The Balaban J connectivity index is 2.75. The molecule has 0 aliphatic rings. The van der Waals surface area contributed by atoms with Crippen LogP contribution in [0.3, 0.4) is 0 Å². The van der Waals surface area contributed by atoms with Crippen molar-refractivity contribution in [2.24, 2.45) is 4.36 Å². The van der Waals surface area contributed by atoms with E-state index in [1.807, 2.05) is 0 Å². The first kappa shape index (κ1) is 14.4. The van der Waals surface area contributed by atoms with Crippen LogP contribution >= 0.6 is 0 Å². The minimum atomic E-state index is -4.47. The van der Waals surface area contributed by atoms with Crippen molar-refractivity contribution in [2.75, 3.05) is 12.0 Å². The molecule has 0 fully saturated rings. The number of halogens is 3. The smallest absolute Gasteiger partial charge is 0.252 e. The van der Waals surface area contributed by atoms with Gasteiger partial charge in [0, 0.05) is 18.2 Å². The van der Waals surface area contributed by atoms with Crippen LogP contribution in [0.5, 0.6) is 0 Å². The highest BCUT2D eigenvalue weighted by Crippen LogP contribution is 2.27. The van der Waals surface area contributed by atoms with E-state index in [9.17, 15) is 17.4 Å². The number of nitriles is 1. The van der Waals surface area contributed by atoms with Crippen molar-refractivity contribution in [3.05, 3.63) is 29.6 Å². The van der Waals surface area contributed by atoms with Crippen molar-refractivity contribution >= 4 is 9.73 Å². The van der Waals surface area contributed by atoms with Gasteiger partial charge in [-0.1, -0.05) is 6.07 Å². The van der Waals surface area contributed by atoms with Crippen LogP contribution in [0.4, 0.5) is 13.2 Å². The summed E-state index contributed by atoms with van der Waals surface area (Å²) in [5.41, 5.74) is -0.448. The Kier molecular flexibility index (Phi) is 4.29. The highest BCUT2D eigenvalue weighted by molar-refractivity contribution is 7.93. The summed E-state index contributed by atoms with van der Waals surface area (Å²) in [6.45, 7) is 0. The monoisotopic (exact) mass is 277 g/mol. The van der Waals surface area contributed by atoms with E-state index in [1.54, 1.807) is 0 Å². The van der Waals surface area contributed by atoms with Gasteiger partial charge in [0.05, 0.1) is 9.73 Å². The molecule has 0 amide bonds. The fraction of sp³-hybridized carbons (Fsp3) is 0.400. The third-order valence-corrected chi connectivity index (χ3v) is 3.55. The second-order valence-electron chi connectivity index (χ2n) is 3.65. The van der Waals surface area contributed by atoms with E-state index in [-0.39, 0.29) is 12.2 Å². The van der Waals surface area contributed by atoms with Gasteiger partial charge in [-0.05, 0) is 18.1 Å². The average molecular weight is 277 g/mol. The molecule has 0 aromatic carbocycles. The van der Waals surface area contributed by atoms with Gasteiger partial charge in [0.25, 0.3) is 0 Å². The lowest BCUT2D eigenvalue weighted by molar-refractivity contribution is -0.141. The van der Waals surface area contributed by atoms with Crippen LogP contribution in [0.1, 0.15) is 11.3 Å². The number of hydrogen-bond donors (Lipinski definition) is 0. The highest BCUT2D eigenvalue weighted by Gasteiger charge is 2.31. The van der Waals surface area contributed by atoms with E-state index in [0.29, 0.717) is 5.56 Å². The minimum Gasteiger partial charge on any atom is -0.252 e. The van der Waals surface area contributed by atoms with E-state index < -0.39 is 21.6 Å². The van der Waals surface area contributed by atoms with E-state index >= 15 is 0 Å². The Labute approximate surface area is 103 Å². The van der Waals surface area contributed by atoms with Crippen LogP contribution in [0.2, 0.25) is 0 Å². The van der Waals surface area contributed by atoms with Gasteiger partial charge in [-0.15, -0.1) is 4.36 Å². The predicted octanol–water partition coefficient (Wildman–Crippen LogP) is 2.22. The summed E-state index contributed by atoms with van der Waals surface area (Å²) in [6, 6.07) is 2.14. The molecular formula is C10H10F3N3OS. The van der Waals surface area contributed by atoms with E-state index in [0.717, 1.165) is 12.3 Å². The summed E-state index contributed by atoms with van der Waals surface area (Å²) in [5, 5.41) is 8.29. The largest absolute Gasteiger partial charge is 0.433 e. The standard InChI is InChI=1S/C10H10F3N3OS/c1-18(17,16-7-14)5-4-8-2-3-9(15-6-8)10(11,12)13/h2-3,6H,4-5H2,1H3/t18-/m1/s1. The van der Waals surface area contributed by atoms with Gasteiger partial charge in [-0.3, -0.25) is 4.98 Å². The van der Waals surface area contributed by atoms with Crippen LogP contribution in [0, 0.1) is 11.5 Å². The molecule has 0 saturated heterocycles. The Morgan fingerprint density at radius 3 is 2.61 bits per heavy atom. The minimum absolute atomic E-state index is 0.105. The Morgan fingerprint density at radius 2 is 2.17 bits per heavy atom. The molecule has 0 N–H and O–H groups in total. The molecule has 0 unspecified atom stereocenters. The van der Waals surface area contributed by atoms with E-state index in [4.69, 9.17) is 5.26 Å². The molecule has 0 aliphatic carbocycles. The SMILES string of the molecule is C[S@@](=O)(CCc1ccc(C(F)(F)F)nc1)=NC#N. The van der Waals surface area contributed by atoms with Crippen molar-refractivity contribution in [1.29, 1.82) is 5.26 Å². The van der Waals surface area contributed by atoms with Gasteiger partial charge < -0.3 is 0 Å². The van der Waals surface area contributed by atoms with Gasteiger partial charge in [-0.25, -0.2) is 4.21 Å². The highest BCUT2D eigenvalue weighted by atomic mass is 32.2. The summed E-state index contributed by atoms with van der Waals surface area (Å²) in [4.78, 5) is 3.28. The topological polar surface area (TPSA) is 66.1 Å². The summed E-state index contributed by atoms with van der Waals surface area (Å²) in [7, 11) is -2.60. The Bertz CT molecular complexity index is 566. The number of rotatable bonds is 3. The van der Waals surface area contributed by atoms with E-state index in [2.05, 4.69) is 9.35 Å². The fourth-order valence-electron chi connectivity index (χ4n) is 1.18. The number of nitrogens with zero attached hydrogens (tertiary/aromatic N) is 3. The van der Waals surface area contributed by atoms with Gasteiger partial charge in [0.1, 0.15) is 5.69 Å². The van der Waals surface area contributed by atoms with Crippen LogP contribution < -0.4 is 0 Å². The zero-order valence-electron chi connectivity index (χ0n) is 9.44. The molecule has 0 radical (unpaired) electrons. The number of hydrogen-bond acceptors (Lipinski definition) is 4. The average Bonchev–Trinajstić information content (AvgIpc) is 2.26. The van der Waals surface area contributed by atoms with Crippen molar-refractivity contribution in [3.8, 4) is 6.19 Å². The predicted molar refractivity (Wildman–Crippen MR) is 59.9 cm³/mol. The first-order chi connectivity index (χ1) is 8.24. The second kappa shape index (κ2) is 5.35. The van der Waals surface area contributed by atoms with Crippen LogP contribution in [-0.4, -0.2) is 21.2 Å². The van der Waals surface area contributed by atoms with Crippen molar-refractivity contribution in [2.45, 2.75) is 12.6 Å². The maximum Gasteiger partial charge on any atom is 0.433 e. The molecule has 1 rings (SSSR count). The lowest BCUT2D eigenvalue weighted by Crippen LogP contribution is -2.09. The third kappa shape index (κ3) is 4.33. The molecule has 1 heterocycles. The lowest BCUT2D eigenvalue weighted by atomic mass is 10.2. The second-order valence-corrected chi connectivity index (χ2v) is 6.16. The molecule has 1 aromatic rings. The molecular weight excluding hydrogens is 267 g/mol. The van der Waals surface area contributed by atoms with Crippen LogP contribution in [0.25, 0.3) is 0 Å². The molecule has 8 heteroatoms.